The zero-order valence-corrected chi connectivity index (χ0v) is 7.05. The van der Waals surface area contributed by atoms with Crippen molar-refractivity contribution in [2.45, 2.75) is 0 Å². The second-order valence-electron chi connectivity index (χ2n) is 0.714. The normalized spacial score (nSPS) is 5.54. The molecule has 0 saturated heterocycles. The third-order valence-corrected chi connectivity index (χ3v) is 0. The molecule has 0 bridgehead atoms. The van der Waals surface area contributed by atoms with E-state index in [2.05, 4.69) is 0 Å². The second kappa shape index (κ2) is 17.1. The maximum Gasteiger partial charge on any atom is 3.00 e. The fraction of sp³-hybridized carbons (Fsp3) is 0. The summed E-state index contributed by atoms with van der Waals surface area (Å²) in [4.78, 5) is 25.1. The molecule has 0 unspecified atom stereocenters. The van der Waals surface area contributed by atoms with Crippen LogP contribution in [0.15, 0.2) is 0 Å². The molecule has 0 aromatic heterocycles. The zero-order chi connectivity index (χ0) is 10.7. The number of rotatable bonds is 0. The molecule has 0 spiro atoms. The van der Waals surface area contributed by atoms with E-state index in [4.69, 9.17) is 46.0 Å². The molecule has 12 nitrogen and oxygen atoms in total. The summed E-state index contributed by atoms with van der Waals surface area (Å²) in [7, 11) is 0. The summed E-state index contributed by atoms with van der Waals surface area (Å²) in [6.07, 6.45) is 0. The third kappa shape index (κ3) is 622. The molecule has 13 heavy (non-hydrogen) atoms. The van der Waals surface area contributed by atoms with Crippen molar-refractivity contribution in [3.63, 3.8) is 0 Å². The largest absolute Gasteiger partial charge is 3.00 e. The zero-order valence-electron chi connectivity index (χ0n) is 5.39. The minimum Gasteiger partial charge on any atom is -0.328 e. The molecule has 3 N–H and O–H groups in total. The first-order valence-electron chi connectivity index (χ1n) is 1.70. The summed E-state index contributed by atoms with van der Waals surface area (Å²) in [5, 5.41) is 40.9. The SMILES string of the molecule is O=[N+]([O-])O.O=[N+]([O-])O.O=[N+]([O-])O.[Lu+3]. The van der Waals surface area contributed by atoms with Gasteiger partial charge in [0.1, 0.15) is 0 Å². The minimum atomic E-state index is -1.50. The first-order valence-corrected chi connectivity index (χ1v) is 1.70. The average Bonchev–Trinajstić information content (AvgIpc) is 1.54. The van der Waals surface area contributed by atoms with Crippen molar-refractivity contribution in [2.75, 3.05) is 0 Å². The van der Waals surface area contributed by atoms with E-state index in [1.54, 1.807) is 0 Å². The molecule has 84 valence electrons. The number of hydrogen-bond acceptors (Lipinski definition) is 6. The van der Waals surface area contributed by atoms with Gasteiger partial charge in [-0.25, -0.2) is 0 Å². The molecule has 0 aromatic rings. The quantitative estimate of drug-likeness (QED) is 0.356. The van der Waals surface area contributed by atoms with Crippen LogP contribution in [0.2, 0.25) is 0 Å². The third-order valence-electron chi connectivity index (χ3n) is 0. The molecule has 0 heterocycles. The van der Waals surface area contributed by atoms with Crippen LogP contribution < -0.4 is 0 Å². The Morgan fingerprint density at radius 1 is 0.692 bits per heavy atom. The van der Waals surface area contributed by atoms with Crippen molar-refractivity contribution >= 4 is 0 Å². The van der Waals surface area contributed by atoms with Crippen LogP contribution in [0.1, 0.15) is 0 Å². The monoisotopic (exact) mass is 364 g/mol. The van der Waals surface area contributed by atoms with Gasteiger partial charge in [0.25, 0.3) is 15.3 Å². The van der Waals surface area contributed by atoms with Crippen LogP contribution in [0.3, 0.4) is 0 Å². The summed E-state index contributed by atoms with van der Waals surface area (Å²) < 4.78 is 0. The van der Waals surface area contributed by atoms with E-state index in [9.17, 15) is 0 Å². The molecule has 0 aromatic carbocycles. The van der Waals surface area contributed by atoms with Crippen LogP contribution in [0.25, 0.3) is 0 Å². The van der Waals surface area contributed by atoms with Crippen LogP contribution in [0, 0.1) is 67.2 Å². The maximum absolute atomic E-state index is 8.36. The Bertz CT molecular complexity index is 112. The molecule has 0 rings (SSSR count). The van der Waals surface area contributed by atoms with Gasteiger partial charge in [-0.15, -0.1) is 30.3 Å². The van der Waals surface area contributed by atoms with Crippen LogP contribution in [-0.2, 0) is 0 Å². The molecular weight excluding hydrogens is 361 g/mol. The Morgan fingerprint density at radius 2 is 0.692 bits per heavy atom. The van der Waals surface area contributed by atoms with Crippen molar-refractivity contribution < 1.29 is 67.8 Å². The van der Waals surface area contributed by atoms with E-state index in [0.29, 0.717) is 0 Å². The molecule has 0 radical (unpaired) electrons. The fourth-order valence-electron chi connectivity index (χ4n) is 0. The van der Waals surface area contributed by atoms with Crippen LogP contribution in [0.4, 0.5) is 0 Å². The van der Waals surface area contributed by atoms with Gasteiger partial charge in [-0.1, -0.05) is 0 Å². The van der Waals surface area contributed by atoms with Crippen LogP contribution in [-0.4, -0.2) is 30.9 Å². The molecule has 0 atom stereocenters. The van der Waals surface area contributed by atoms with Gasteiger partial charge in [-0.3, -0.25) is 0 Å². The van der Waals surface area contributed by atoms with E-state index in [-0.39, 0.29) is 36.9 Å². The predicted octanol–water partition coefficient (Wildman–Crippen LogP) is -1.04. The Labute approximate surface area is 97.9 Å². The molecular formula is H3LuN3O9+3. The first-order chi connectivity index (χ1) is 5.20. The summed E-state index contributed by atoms with van der Waals surface area (Å²) in [6, 6.07) is 0. The Balaban J connectivity index is -0.0000000450. The Morgan fingerprint density at radius 3 is 0.692 bits per heavy atom. The van der Waals surface area contributed by atoms with Gasteiger partial charge < -0.3 is 15.6 Å². The summed E-state index contributed by atoms with van der Waals surface area (Å²) >= 11 is 0. The van der Waals surface area contributed by atoms with Gasteiger partial charge in [-0.05, 0) is 0 Å². The van der Waals surface area contributed by atoms with Gasteiger partial charge in [0.05, 0.1) is 0 Å². The summed E-state index contributed by atoms with van der Waals surface area (Å²) in [5.41, 5.74) is 0. The van der Waals surface area contributed by atoms with Crippen molar-refractivity contribution in [3.8, 4) is 0 Å². The fourth-order valence-corrected chi connectivity index (χ4v) is 0. The van der Waals surface area contributed by atoms with E-state index >= 15 is 0 Å². The minimum absolute atomic E-state index is 0. The molecule has 0 aliphatic carbocycles. The number of nitrogens with zero attached hydrogens (tertiary/aromatic N) is 3. The molecule has 0 amide bonds. The van der Waals surface area contributed by atoms with Crippen molar-refractivity contribution in [3.05, 3.63) is 30.3 Å². The van der Waals surface area contributed by atoms with E-state index in [1.165, 1.54) is 0 Å². The Hall–Kier alpha value is -1.17. The smallest absolute Gasteiger partial charge is 0.328 e. The van der Waals surface area contributed by atoms with Gasteiger partial charge in [0.15, 0.2) is 0 Å². The van der Waals surface area contributed by atoms with Gasteiger partial charge in [0.2, 0.25) is 0 Å². The summed E-state index contributed by atoms with van der Waals surface area (Å²) in [5.74, 6) is 0. The molecule has 0 aliphatic rings. The second-order valence-corrected chi connectivity index (χ2v) is 0.714. The maximum atomic E-state index is 8.36. The van der Waals surface area contributed by atoms with Crippen LogP contribution >= 0.6 is 0 Å². The van der Waals surface area contributed by atoms with Crippen molar-refractivity contribution in [1.29, 1.82) is 0 Å². The van der Waals surface area contributed by atoms with E-state index in [1.807, 2.05) is 0 Å². The topological polar surface area (TPSA) is 190 Å². The van der Waals surface area contributed by atoms with Crippen LogP contribution in [0.5, 0.6) is 0 Å². The first kappa shape index (κ1) is 22.6. The number of hydrogen-bond donors (Lipinski definition) is 3. The molecule has 13 heteroatoms. The Kier molecular flexibility index (Phi) is 29.7. The van der Waals surface area contributed by atoms with Gasteiger partial charge in [-0.2, -0.15) is 0 Å². The molecule has 0 fully saturated rings. The standard InChI is InChI=1S/Lu.3HNO3/c;3*2-1(3)4/h;3*(H,2,3,4)/q+3;;;. The molecule has 0 aliphatic heterocycles. The summed E-state index contributed by atoms with van der Waals surface area (Å²) in [6.45, 7) is 0. The van der Waals surface area contributed by atoms with E-state index in [0.717, 1.165) is 0 Å². The van der Waals surface area contributed by atoms with Gasteiger partial charge in [0, 0.05) is 0 Å². The van der Waals surface area contributed by atoms with E-state index < -0.39 is 15.3 Å². The van der Waals surface area contributed by atoms with Gasteiger partial charge >= 0.3 is 36.9 Å². The van der Waals surface area contributed by atoms with Crippen molar-refractivity contribution in [1.82, 2.24) is 0 Å². The predicted molar refractivity (Wildman–Crippen MR) is 26.3 cm³/mol. The average molecular weight is 364 g/mol. The molecule has 0 saturated carbocycles. The van der Waals surface area contributed by atoms with Crippen molar-refractivity contribution in [2.24, 2.45) is 0 Å².